The lowest BCUT2D eigenvalue weighted by atomic mass is 9.96. The van der Waals surface area contributed by atoms with Crippen molar-refractivity contribution in [2.24, 2.45) is 4.99 Å². The van der Waals surface area contributed by atoms with Crippen molar-refractivity contribution in [1.29, 1.82) is 0 Å². The summed E-state index contributed by atoms with van der Waals surface area (Å²) in [5, 5.41) is 2.51. The second kappa shape index (κ2) is 9.58. The normalized spacial score (nSPS) is 18.1. The third-order valence-corrected chi connectivity index (χ3v) is 6.68. The van der Waals surface area contributed by atoms with Gasteiger partial charge in [0.1, 0.15) is 0 Å². The minimum absolute atomic E-state index is 0.583. The van der Waals surface area contributed by atoms with E-state index in [1.54, 1.807) is 0 Å². The first-order valence-corrected chi connectivity index (χ1v) is 12.0. The van der Waals surface area contributed by atoms with Gasteiger partial charge in [0.2, 0.25) is 0 Å². The Hall–Kier alpha value is -3.19. The SMILES string of the molecule is C1=NCC2=C1c1cn(c3ccccc13)CCOCCOCCOCCn1cc2c2ccccc21. The highest BCUT2D eigenvalue weighted by molar-refractivity contribution is 6.26. The van der Waals surface area contributed by atoms with E-state index in [-0.39, 0.29) is 0 Å². The Morgan fingerprint density at radius 3 is 1.79 bits per heavy atom. The summed E-state index contributed by atoms with van der Waals surface area (Å²) < 4.78 is 21.9. The standard InChI is InChI=1S/C28H29N3O3/c1-3-7-27-21(5-1)25-19-30(27)9-11-32-13-15-34-16-14-33-12-10-31-20-26(24-18-29-17-23(24)25)22-6-2-4-8-28(22)31/h1-8,17,19-20H,9-16,18H2. The number of aliphatic imine (C=N–C) groups is 1. The Bertz CT molecular complexity index is 1380. The molecule has 0 unspecified atom stereocenters. The molecule has 4 aromatic rings. The molecule has 0 N–H and O–H groups in total. The number of ether oxygens (including phenoxy) is 3. The Morgan fingerprint density at radius 2 is 1.15 bits per heavy atom. The molecule has 4 bridgehead atoms. The molecular formula is C28H29N3O3. The van der Waals surface area contributed by atoms with E-state index < -0.39 is 0 Å². The smallest absolute Gasteiger partial charge is 0.0701 e. The molecule has 0 fully saturated rings. The largest absolute Gasteiger partial charge is 0.377 e. The molecule has 34 heavy (non-hydrogen) atoms. The zero-order valence-corrected chi connectivity index (χ0v) is 19.3. The van der Waals surface area contributed by atoms with E-state index in [0.717, 1.165) is 13.1 Å². The molecule has 2 aliphatic rings. The van der Waals surface area contributed by atoms with Gasteiger partial charge in [0, 0.05) is 70.2 Å². The van der Waals surface area contributed by atoms with Gasteiger partial charge in [-0.15, -0.1) is 0 Å². The Balaban J connectivity index is 1.48. The second-order valence-corrected chi connectivity index (χ2v) is 8.71. The summed E-state index contributed by atoms with van der Waals surface area (Å²) in [6, 6.07) is 17.2. The Morgan fingerprint density at radius 1 is 0.618 bits per heavy atom. The van der Waals surface area contributed by atoms with Gasteiger partial charge in [-0.3, -0.25) is 4.99 Å². The number of aromatic nitrogens is 2. The van der Waals surface area contributed by atoms with Gasteiger partial charge in [0.25, 0.3) is 0 Å². The molecule has 0 radical (unpaired) electrons. The summed E-state index contributed by atoms with van der Waals surface area (Å²) in [6.07, 6.45) is 6.58. The predicted octanol–water partition coefficient (Wildman–Crippen LogP) is 4.65. The third kappa shape index (κ3) is 3.98. The number of hydrogen-bond acceptors (Lipinski definition) is 4. The van der Waals surface area contributed by atoms with Crippen molar-refractivity contribution in [3.8, 4) is 0 Å². The number of fused-ring (bicyclic) bond motifs is 12. The zero-order valence-electron chi connectivity index (χ0n) is 19.3. The quantitative estimate of drug-likeness (QED) is 0.388. The van der Waals surface area contributed by atoms with Crippen molar-refractivity contribution in [1.82, 2.24) is 9.13 Å². The minimum Gasteiger partial charge on any atom is -0.377 e. The molecule has 6 heteroatoms. The molecule has 2 aromatic heterocycles. The lowest BCUT2D eigenvalue weighted by Crippen LogP contribution is -2.13. The van der Waals surface area contributed by atoms with Crippen LogP contribution in [0.25, 0.3) is 33.0 Å². The van der Waals surface area contributed by atoms with Gasteiger partial charge in [-0.1, -0.05) is 36.4 Å². The molecule has 0 spiro atoms. The average molecular weight is 456 g/mol. The molecule has 174 valence electrons. The van der Waals surface area contributed by atoms with Crippen LogP contribution in [-0.4, -0.2) is 61.5 Å². The van der Waals surface area contributed by atoms with Crippen molar-refractivity contribution < 1.29 is 14.2 Å². The molecule has 6 rings (SSSR count). The first kappa shape index (κ1) is 21.4. The molecule has 0 amide bonds. The third-order valence-electron chi connectivity index (χ3n) is 6.68. The number of allylic oxidation sites excluding steroid dienone is 1. The first-order valence-electron chi connectivity index (χ1n) is 12.0. The van der Waals surface area contributed by atoms with Crippen molar-refractivity contribution in [2.45, 2.75) is 13.1 Å². The van der Waals surface area contributed by atoms with Crippen LogP contribution in [0.15, 0.2) is 65.9 Å². The summed E-state index contributed by atoms with van der Waals surface area (Å²) in [5.41, 5.74) is 7.42. The molecule has 0 saturated carbocycles. The highest BCUT2D eigenvalue weighted by Crippen LogP contribution is 2.37. The first-order chi connectivity index (χ1) is 16.9. The van der Waals surface area contributed by atoms with E-state index in [4.69, 9.17) is 19.2 Å². The lowest BCUT2D eigenvalue weighted by Gasteiger charge is -2.09. The topological polar surface area (TPSA) is 49.9 Å². The van der Waals surface area contributed by atoms with Crippen LogP contribution in [0, 0.1) is 0 Å². The fourth-order valence-corrected chi connectivity index (χ4v) is 5.04. The second-order valence-electron chi connectivity index (χ2n) is 8.71. The van der Waals surface area contributed by atoms with Crippen molar-refractivity contribution in [2.75, 3.05) is 46.2 Å². The van der Waals surface area contributed by atoms with Gasteiger partial charge in [-0.2, -0.15) is 0 Å². The van der Waals surface area contributed by atoms with E-state index >= 15 is 0 Å². The molecule has 2 aromatic carbocycles. The minimum atomic E-state index is 0.583. The molecule has 0 saturated heterocycles. The van der Waals surface area contributed by atoms with Crippen LogP contribution in [-0.2, 0) is 27.3 Å². The van der Waals surface area contributed by atoms with Gasteiger partial charge in [-0.05, 0) is 17.7 Å². The van der Waals surface area contributed by atoms with Gasteiger partial charge in [0.15, 0.2) is 0 Å². The van der Waals surface area contributed by atoms with Crippen LogP contribution in [0.4, 0.5) is 0 Å². The van der Waals surface area contributed by atoms with Crippen LogP contribution in [0.3, 0.4) is 0 Å². The lowest BCUT2D eigenvalue weighted by molar-refractivity contribution is 0.0121. The van der Waals surface area contributed by atoms with Crippen LogP contribution < -0.4 is 0 Å². The van der Waals surface area contributed by atoms with Crippen molar-refractivity contribution in [3.05, 3.63) is 72.1 Å². The Kier molecular flexibility index (Phi) is 6.02. The number of nitrogens with zero attached hydrogens (tertiary/aromatic N) is 3. The zero-order chi connectivity index (χ0) is 22.7. The summed E-state index contributed by atoms with van der Waals surface area (Å²) in [5.74, 6) is 0. The summed E-state index contributed by atoms with van der Waals surface area (Å²) in [6.45, 7) is 5.92. The van der Waals surface area contributed by atoms with E-state index in [2.05, 4.69) is 70.1 Å². The van der Waals surface area contributed by atoms with Crippen LogP contribution in [0.1, 0.15) is 11.1 Å². The molecule has 6 nitrogen and oxygen atoms in total. The molecular weight excluding hydrogens is 426 g/mol. The van der Waals surface area contributed by atoms with Gasteiger partial charge >= 0.3 is 0 Å². The van der Waals surface area contributed by atoms with E-state index in [9.17, 15) is 0 Å². The highest BCUT2D eigenvalue weighted by Gasteiger charge is 2.22. The van der Waals surface area contributed by atoms with E-state index in [0.29, 0.717) is 46.2 Å². The maximum atomic E-state index is 5.84. The van der Waals surface area contributed by atoms with Gasteiger partial charge in [0.05, 0.1) is 46.2 Å². The summed E-state index contributed by atoms with van der Waals surface area (Å²) >= 11 is 0. The van der Waals surface area contributed by atoms with Crippen LogP contribution in [0.5, 0.6) is 0 Å². The fourth-order valence-electron chi connectivity index (χ4n) is 5.04. The Labute approximate surface area is 199 Å². The number of rotatable bonds is 0. The maximum absolute atomic E-state index is 5.84. The average Bonchev–Trinajstić information content (AvgIpc) is 3.58. The van der Waals surface area contributed by atoms with Crippen LogP contribution in [0.2, 0.25) is 0 Å². The molecule has 2 aliphatic heterocycles. The van der Waals surface area contributed by atoms with E-state index in [1.165, 1.54) is 44.1 Å². The number of hydrogen-bond donors (Lipinski definition) is 0. The highest BCUT2D eigenvalue weighted by atomic mass is 16.5. The molecule has 0 atom stereocenters. The van der Waals surface area contributed by atoms with E-state index in [1.807, 2.05) is 6.21 Å². The fraction of sp³-hybridized carbons (Fsp3) is 0.321. The summed E-state index contributed by atoms with van der Waals surface area (Å²) in [7, 11) is 0. The number of para-hydroxylation sites is 2. The molecule has 0 aliphatic carbocycles. The van der Waals surface area contributed by atoms with Crippen molar-refractivity contribution >= 4 is 39.2 Å². The molecule has 4 heterocycles. The van der Waals surface area contributed by atoms with Crippen LogP contribution >= 0.6 is 0 Å². The maximum Gasteiger partial charge on any atom is 0.0701 e. The summed E-state index contributed by atoms with van der Waals surface area (Å²) in [4.78, 5) is 4.72. The van der Waals surface area contributed by atoms with Crippen molar-refractivity contribution in [3.63, 3.8) is 0 Å². The van der Waals surface area contributed by atoms with Gasteiger partial charge < -0.3 is 23.3 Å². The van der Waals surface area contributed by atoms with Gasteiger partial charge in [-0.25, -0.2) is 0 Å². The predicted molar refractivity (Wildman–Crippen MR) is 137 cm³/mol. The monoisotopic (exact) mass is 455 g/mol. The number of benzene rings is 2.